The van der Waals surface area contributed by atoms with Crippen LogP contribution < -0.4 is 4.74 Å². The number of alkyl halides is 3. The van der Waals surface area contributed by atoms with Crippen molar-refractivity contribution in [3.05, 3.63) is 41.7 Å². The van der Waals surface area contributed by atoms with Gasteiger partial charge in [-0.25, -0.2) is 4.39 Å². The molecular weight excluding hydrogens is 368 g/mol. The number of unbranched alkanes of at least 4 members (excludes halogenated alkanes) is 2. The van der Waals surface area contributed by atoms with Gasteiger partial charge in [0.25, 0.3) is 0 Å². The van der Waals surface area contributed by atoms with Crippen LogP contribution in [0.25, 0.3) is 10.8 Å². The minimum atomic E-state index is -4.49. The maximum atomic E-state index is 14.5. The normalized spacial score (nSPS) is 20.5. The highest BCUT2D eigenvalue weighted by molar-refractivity contribution is 5.85. The van der Waals surface area contributed by atoms with Crippen molar-refractivity contribution in [3.8, 4) is 5.75 Å². The van der Waals surface area contributed by atoms with Gasteiger partial charge in [0.1, 0.15) is 0 Å². The Hall–Kier alpha value is -1.78. The molecule has 1 aliphatic carbocycles. The topological polar surface area (TPSA) is 9.23 Å². The highest BCUT2D eigenvalue weighted by atomic mass is 19.4. The standard InChI is InChI=1S/C23H28F4O/c1-2-3-4-5-16-6-8-17(9-7-16)18-10-12-20-19(14-18)11-13-21(22(20)24)28-15-23(25,26)27/h10-14,16-17H,2-9,15H2,1H3. The molecule has 28 heavy (non-hydrogen) atoms. The number of hydrogen-bond donors (Lipinski definition) is 0. The number of ether oxygens (including phenoxy) is 1. The summed E-state index contributed by atoms with van der Waals surface area (Å²) in [6, 6.07) is 8.50. The fraction of sp³-hybridized carbons (Fsp3) is 0.565. The second kappa shape index (κ2) is 9.15. The first kappa shape index (κ1) is 20.9. The van der Waals surface area contributed by atoms with Crippen LogP contribution >= 0.6 is 0 Å². The molecule has 0 radical (unpaired) electrons. The molecule has 2 aromatic carbocycles. The highest BCUT2D eigenvalue weighted by Gasteiger charge is 2.29. The smallest absolute Gasteiger partial charge is 0.422 e. The third kappa shape index (κ3) is 5.39. The Bertz CT molecular complexity index is 776. The first-order valence-corrected chi connectivity index (χ1v) is 10.3. The maximum Gasteiger partial charge on any atom is 0.422 e. The Labute approximate surface area is 164 Å². The monoisotopic (exact) mass is 396 g/mol. The molecule has 3 rings (SSSR count). The molecule has 0 bridgehead atoms. The van der Waals surface area contributed by atoms with Gasteiger partial charge in [-0.3, -0.25) is 0 Å². The molecular formula is C23H28F4O. The van der Waals surface area contributed by atoms with Crippen molar-refractivity contribution in [1.29, 1.82) is 0 Å². The van der Waals surface area contributed by atoms with Crippen LogP contribution in [0.5, 0.6) is 5.75 Å². The molecule has 0 unspecified atom stereocenters. The first-order valence-electron chi connectivity index (χ1n) is 10.3. The first-order chi connectivity index (χ1) is 13.4. The number of fused-ring (bicyclic) bond motifs is 1. The zero-order chi connectivity index (χ0) is 20.1. The molecule has 1 aliphatic rings. The van der Waals surface area contributed by atoms with Crippen LogP contribution in [0.3, 0.4) is 0 Å². The SMILES string of the molecule is CCCCCC1CCC(c2ccc3c(F)c(OCC(F)(F)F)ccc3c2)CC1. The molecule has 0 heterocycles. The average molecular weight is 396 g/mol. The highest BCUT2D eigenvalue weighted by Crippen LogP contribution is 2.39. The summed E-state index contributed by atoms with van der Waals surface area (Å²) in [6.45, 7) is 0.736. The molecule has 1 saturated carbocycles. The van der Waals surface area contributed by atoms with Gasteiger partial charge in [-0.15, -0.1) is 0 Å². The van der Waals surface area contributed by atoms with E-state index >= 15 is 0 Å². The second-order valence-electron chi connectivity index (χ2n) is 7.98. The molecule has 0 saturated heterocycles. The van der Waals surface area contributed by atoms with Gasteiger partial charge in [0.05, 0.1) is 0 Å². The van der Waals surface area contributed by atoms with Gasteiger partial charge in [0.2, 0.25) is 0 Å². The lowest BCUT2D eigenvalue weighted by Crippen LogP contribution is -2.19. The third-order valence-electron chi connectivity index (χ3n) is 5.87. The van der Waals surface area contributed by atoms with Gasteiger partial charge >= 0.3 is 6.18 Å². The molecule has 0 aromatic heterocycles. The number of benzene rings is 2. The number of rotatable bonds is 7. The molecule has 0 aliphatic heterocycles. The van der Waals surface area contributed by atoms with Crippen molar-refractivity contribution < 1.29 is 22.3 Å². The fourth-order valence-electron chi connectivity index (χ4n) is 4.28. The van der Waals surface area contributed by atoms with Gasteiger partial charge in [0, 0.05) is 5.39 Å². The van der Waals surface area contributed by atoms with Crippen molar-refractivity contribution in [2.45, 2.75) is 70.4 Å². The Kier molecular flexibility index (Phi) is 6.84. The Balaban J connectivity index is 1.66. The van der Waals surface area contributed by atoms with Gasteiger partial charge in [-0.1, -0.05) is 56.9 Å². The predicted molar refractivity (Wildman–Crippen MR) is 104 cm³/mol. The summed E-state index contributed by atoms with van der Waals surface area (Å²) in [7, 11) is 0. The summed E-state index contributed by atoms with van der Waals surface area (Å²) in [6.07, 6.45) is 5.51. The lowest BCUT2D eigenvalue weighted by Gasteiger charge is -2.29. The summed E-state index contributed by atoms with van der Waals surface area (Å²) in [5.74, 6) is 0.225. The Morgan fingerprint density at radius 1 is 1.00 bits per heavy atom. The van der Waals surface area contributed by atoms with E-state index in [2.05, 4.69) is 11.7 Å². The predicted octanol–water partition coefficient (Wildman–Crippen LogP) is 7.77. The van der Waals surface area contributed by atoms with E-state index in [0.29, 0.717) is 16.7 Å². The fourth-order valence-corrected chi connectivity index (χ4v) is 4.28. The second-order valence-corrected chi connectivity index (χ2v) is 7.98. The van der Waals surface area contributed by atoms with Crippen LogP contribution in [-0.2, 0) is 0 Å². The molecule has 5 heteroatoms. The average Bonchev–Trinajstić information content (AvgIpc) is 2.67. The summed E-state index contributed by atoms with van der Waals surface area (Å²) < 4.78 is 56.1. The van der Waals surface area contributed by atoms with Crippen LogP contribution in [0.4, 0.5) is 17.6 Å². The van der Waals surface area contributed by atoms with Crippen molar-refractivity contribution in [2.24, 2.45) is 5.92 Å². The van der Waals surface area contributed by atoms with E-state index in [1.54, 1.807) is 12.1 Å². The molecule has 154 valence electrons. The van der Waals surface area contributed by atoms with Gasteiger partial charge in [-0.2, -0.15) is 13.2 Å². The molecule has 1 fully saturated rings. The van der Waals surface area contributed by atoms with E-state index in [9.17, 15) is 17.6 Å². The van der Waals surface area contributed by atoms with Crippen LogP contribution in [0, 0.1) is 11.7 Å². The summed E-state index contributed by atoms with van der Waals surface area (Å²) in [5.41, 5.74) is 1.20. The molecule has 0 amide bonds. The quantitative estimate of drug-likeness (QED) is 0.343. The minimum Gasteiger partial charge on any atom is -0.481 e. The van der Waals surface area contributed by atoms with Crippen molar-refractivity contribution in [1.82, 2.24) is 0 Å². The van der Waals surface area contributed by atoms with E-state index in [4.69, 9.17) is 0 Å². The van der Waals surface area contributed by atoms with Crippen molar-refractivity contribution >= 4 is 10.8 Å². The number of halogens is 4. The maximum absolute atomic E-state index is 14.5. The molecule has 0 N–H and O–H groups in total. The van der Waals surface area contributed by atoms with E-state index in [1.807, 2.05) is 12.1 Å². The number of hydrogen-bond acceptors (Lipinski definition) is 1. The zero-order valence-corrected chi connectivity index (χ0v) is 16.3. The molecule has 2 aromatic rings. The zero-order valence-electron chi connectivity index (χ0n) is 16.3. The summed E-state index contributed by atoms with van der Waals surface area (Å²) in [5, 5.41) is 1.01. The van der Waals surface area contributed by atoms with Gasteiger partial charge in [-0.05, 0) is 54.5 Å². The van der Waals surface area contributed by atoms with E-state index < -0.39 is 18.6 Å². The summed E-state index contributed by atoms with van der Waals surface area (Å²) >= 11 is 0. The van der Waals surface area contributed by atoms with Crippen molar-refractivity contribution in [2.75, 3.05) is 6.61 Å². The van der Waals surface area contributed by atoms with E-state index in [0.717, 1.165) is 18.8 Å². The Morgan fingerprint density at radius 2 is 1.75 bits per heavy atom. The van der Waals surface area contributed by atoms with Crippen LogP contribution in [0.2, 0.25) is 0 Å². The third-order valence-corrected chi connectivity index (χ3v) is 5.87. The Morgan fingerprint density at radius 3 is 2.43 bits per heavy atom. The minimum absolute atomic E-state index is 0.302. The lowest BCUT2D eigenvalue weighted by molar-refractivity contribution is -0.153. The molecule has 1 nitrogen and oxygen atoms in total. The van der Waals surface area contributed by atoms with Crippen LogP contribution in [0.15, 0.2) is 30.3 Å². The van der Waals surface area contributed by atoms with E-state index in [1.165, 1.54) is 50.2 Å². The van der Waals surface area contributed by atoms with Crippen LogP contribution in [0.1, 0.15) is 69.8 Å². The van der Waals surface area contributed by atoms with E-state index in [-0.39, 0.29) is 5.75 Å². The van der Waals surface area contributed by atoms with Gasteiger partial charge in [0.15, 0.2) is 18.2 Å². The van der Waals surface area contributed by atoms with Gasteiger partial charge < -0.3 is 4.74 Å². The lowest BCUT2D eigenvalue weighted by atomic mass is 9.77. The van der Waals surface area contributed by atoms with Crippen LogP contribution in [-0.4, -0.2) is 12.8 Å². The molecule has 0 atom stereocenters. The van der Waals surface area contributed by atoms with Crippen molar-refractivity contribution in [3.63, 3.8) is 0 Å². The molecule has 0 spiro atoms. The summed E-state index contributed by atoms with van der Waals surface area (Å²) in [4.78, 5) is 0. The largest absolute Gasteiger partial charge is 0.481 e.